The molecule has 1 aromatic carbocycles. The normalized spacial score (nSPS) is 10.5. The topological polar surface area (TPSA) is 29.5 Å². The molecule has 88 valence electrons. The van der Waals surface area contributed by atoms with Crippen LogP contribution in [-0.4, -0.2) is 31.1 Å². The molecule has 0 saturated carbocycles. The van der Waals surface area contributed by atoms with E-state index in [4.69, 9.17) is 0 Å². The predicted octanol–water partition coefficient (Wildman–Crippen LogP) is 2.44. The first-order valence-electron chi connectivity index (χ1n) is 5.19. The lowest BCUT2D eigenvalue weighted by Gasteiger charge is -2.18. The number of benzene rings is 1. The van der Waals surface area contributed by atoms with E-state index < -0.39 is 0 Å². The molecule has 0 amide bonds. The van der Waals surface area contributed by atoms with Gasteiger partial charge in [0.1, 0.15) is 0 Å². The van der Waals surface area contributed by atoms with Crippen LogP contribution >= 0.6 is 15.9 Å². The zero-order valence-electron chi connectivity index (χ0n) is 9.57. The van der Waals surface area contributed by atoms with Gasteiger partial charge in [0.05, 0.1) is 13.7 Å². The Balaban J connectivity index is 2.59. The molecule has 1 rings (SSSR count). The summed E-state index contributed by atoms with van der Waals surface area (Å²) in [6.07, 6.45) is 0. The van der Waals surface area contributed by atoms with Gasteiger partial charge in [0.2, 0.25) is 0 Å². The van der Waals surface area contributed by atoms with Crippen LogP contribution in [0.3, 0.4) is 0 Å². The SMILES string of the molecule is CCN(CC(=O)OC)Cc1cccc(Br)c1. The second-order valence-corrected chi connectivity index (χ2v) is 4.43. The molecule has 0 fully saturated rings. The van der Waals surface area contributed by atoms with Gasteiger partial charge in [-0.3, -0.25) is 9.69 Å². The number of esters is 1. The monoisotopic (exact) mass is 285 g/mol. The van der Waals surface area contributed by atoms with Crippen LogP contribution in [0.2, 0.25) is 0 Å². The second kappa shape index (κ2) is 6.66. The van der Waals surface area contributed by atoms with Crippen molar-refractivity contribution in [2.24, 2.45) is 0 Å². The van der Waals surface area contributed by atoms with E-state index in [0.29, 0.717) is 6.54 Å². The zero-order chi connectivity index (χ0) is 12.0. The van der Waals surface area contributed by atoms with Gasteiger partial charge >= 0.3 is 5.97 Å². The maximum Gasteiger partial charge on any atom is 0.319 e. The molecule has 0 radical (unpaired) electrons. The summed E-state index contributed by atoms with van der Waals surface area (Å²) in [6.45, 7) is 3.94. The van der Waals surface area contributed by atoms with Gasteiger partial charge in [-0.2, -0.15) is 0 Å². The summed E-state index contributed by atoms with van der Waals surface area (Å²) in [5.74, 6) is -0.197. The first-order valence-corrected chi connectivity index (χ1v) is 5.98. The highest BCUT2D eigenvalue weighted by molar-refractivity contribution is 9.10. The average molecular weight is 286 g/mol. The van der Waals surface area contributed by atoms with E-state index in [9.17, 15) is 4.79 Å². The van der Waals surface area contributed by atoms with E-state index in [0.717, 1.165) is 17.6 Å². The van der Waals surface area contributed by atoms with Crippen LogP contribution in [0.5, 0.6) is 0 Å². The van der Waals surface area contributed by atoms with Crippen molar-refractivity contribution >= 4 is 21.9 Å². The van der Waals surface area contributed by atoms with E-state index in [2.05, 4.69) is 26.7 Å². The standard InChI is InChI=1S/C12H16BrNO2/c1-3-14(9-12(15)16-2)8-10-5-4-6-11(13)7-10/h4-7H,3,8-9H2,1-2H3. The molecule has 0 saturated heterocycles. The second-order valence-electron chi connectivity index (χ2n) is 3.51. The fourth-order valence-corrected chi connectivity index (χ4v) is 1.87. The van der Waals surface area contributed by atoms with Gasteiger partial charge in [-0.15, -0.1) is 0 Å². The molecule has 16 heavy (non-hydrogen) atoms. The Kier molecular flexibility index (Phi) is 5.49. The van der Waals surface area contributed by atoms with Crippen LogP contribution in [0, 0.1) is 0 Å². The highest BCUT2D eigenvalue weighted by Gasteiger charge is 2.09. The van der Waals surface area contributed by atoms with Gasteiger partial charge in [-0.1, -0.05) is 35.0 Å². The minimum atomic E-state index is -0.197. The van der Waals surface area contributed by atoms with Gasteiger partial charge in [-0.05, 0) is 24.2 Å². The quantitative estimate of drug-likeness (QED) is 0.779. The minimum Gasteiger partial charge on any atom is -0.468 e. The summed E-state index contributed by atoms with van der Waals surface area (Å²) in [5, 5.41) is 0. The fraction of sp³-hybridized carbons (Fsp3) is 0.417. The summed E-state index contributed by atoms with van der Waals surface area (Å²) in [7, 11) is 1.41. The number of nitrogens with zero attached hydrogens (tertiary/aromatic N) is 1. The third-order valence-electron chi connectivity index (χ3n) is 2.32. The van der Waals surface area contributed by atoms with Crippen molar-refractivity contribution in [1.29, 1.82) is 0 Å². The predicted molar refractivity (Wildman–Crippen MR) is 67.1 cm³/mol. The van der Waals surface area contributed by atoms with Gasteiger partial charge in [0.25, 0.3) is 0 Å². The lowest BCUT2D eigenvalue weighted by Crippen LogP contribution is -2.29. The number of rotatable bonds is 5. The molecule has 0 unspecified atom stereocenters. The molecule has 0 aromatic heterocycles. The number of carbonyl (C=O) groups is 1. The van der Waals surface area contributed by atoms with Crippen LogP contribution in [-0.2, 0) is 16.1 Å². The van der Waals surface area contributed by atoms with Crippen LogP contribution in [0.4, 0.5) is 0 Å². The molecule has 0 spiro atoms. The first kappa shape index (κ1) is 13.2. The first-order chi connectivity index (χ1) is 7.65. The van der Waals surface area contributed by atoms with Gasteiger partial charge in [0.15, 0.2) is 0 Å². The summed E-state index contributed by atoms with van der Waals surface area (Å²) in [5.41, 5.74) is 1.18. The Bertz CT molecular complexity index is 355. The van der Waals surface area contributed by atoms with Gasteiger partial charge in [0, 0.05) is 11.0 Å². The van der Waals surface area contributed by atoms with Crippen molar-refractivity contribution < 1.29 is 9.53 Å². The summed E-state index contributed by atoms with van der Waals surface area (Å²) in [4.78, 5) is 13.2. The lowest BCUT2D eigenvalue weighted by molar-refractivity contribution is -0.142. The smallest absolute Gasteiger partial charge is 0.319 e. The number of halogens is 1. The largest absolute Gasteiger partial charge is 0.468 e. The van der Waals surface area contributed by atoms with Crippen LogP contribution in [0.15, 0.2) is 28.7 Å². The van der Waals surface area contributed by atoms with Crippen LogP contribution < -0.4 is 0 Å². The van der Waals surface area contributed by atoms with Crippen molar-refractivity contribution in [2.45, 2.75) is 13.5 Å². The molecule has 0 aliphatic carbocycles. The molecule has 0 aliphatic rings. The lowest BCUT2D eigenvalue weighted by atomic mass is 10.2. The molecular weight excluding hydrogens is 270 g/mol. The van der Waals surface area contributed by atoms with Gasteiger partial charge in [-0.25, -0.2) is 0 Å². The Morgan fingerprint density at radius 1 is 1.50 bits per heavy atom. The number of hydrogen-bond donors (Lipinski definition) is 0. The van der Waals surface area contributed by atoms with Crippen molar-refractivity contribution in [3.63, 3.8) is 0 Å². The molecule has 1 aromatic rings. The fourth-order valence-electron chi connectivity index (χ4n) is 1.42. The third kappa shape index (κ3) is 4.33. The molecule has 0 aliphatic heterocycles. The van der Waals surface area contributed by atoms with Gasteiger partial charge < -0.3 is 4.74 Å². The molecule has 0 atom stereocenters. The zero-order valence-corrected chi connectivity index (χ0v) is 11.2. The maximum atomic E-state index is 11.2. The molecule has 3 nitrogen and oxygen atoms in total. The summed E-state index contributed by atoms with van der Waals surface area (Å²) >= 11 is 3.43. The number of ether oxygens (including phenoxy) is 1. The van der Waals surface area contributed by atoms with Crippen molar-refractivity contribution in [1.82, 2.24) is 4.90 Å². The van der Waals surface area contributed by atoms with E-state index in [-0.39, 0.29) is 5.97 Å². The Morgan fingerprint density at radius 3 is 2.81 bits per heavy atom. The highest BCUT2D eigenvalue weighted by atomic mass is 79.9. The third-order valence-corrected chi connectivity index (χ3v) is 2.82. The molecule has 0 bridgehead atoms. The van der Waals surface area contributed by atoms with E-state index in [1.807, 2.05) is 30.0 Å². The van der Waals surface area contributed by atoms with Crippen molar-refractivity contribution in [3.05, 3.63) is 34.3 Å². The molecule has 0 N–H and O–H groups in total. The highest BCUT2D eigenvalue weighted by Crippen LogP contribution is 2.13. The van der Waals surface area contributed by atoms with Crippen molar-refractivity contribution in [2.75, 3.05) is 20.2 Å². The Labute approximate surface area is 105 Å². The summed E-state index contributed by atoms with van der Waals surface area (Å²) in [6, 6.07) is 8.08. The number of likely N-dealkylation sites (N-methyl/N-ethyl adjacent to an activating group) is 1. The van der Waals surface area contributed by atoms with Crippen molar-refractivity contribution in [3.8, 4) is 0 Å². The number of carbonyl (C=O) groups excluding carboxylic acids is 1. The average Bonchev–Trinajstić information content (AvgIpc) is 2.28. The Morgan fingerprint density at radius 2 is 2.25 bits per heavy atom. The molecular formula is C12H16BrNO2. The number of hydrogen-bond acceptors (Lipinski definition) is 3. The molecule has 4 heteroatoms. The molecule has 0 heterocycles. The minimum absolute atomic E-state index is 0.197. The Hall–Kier alpha value is -0.870. The van der Waals surface area contributed by atoms with Crippen LogP contribution in [0.1, 0.15) is 12.5 Å². The van der Waals surface area contributed by atoms with E-state index in [1.165, 1.54) is 12.7 Å². The number of methoxy groups -OCH3 is 1. The van der Waals surface area contributed by atoms with E-state index >= 15 is 0 Å². The maximum absolute atomic E-state index is 11.2. The van der Waals surface area contributed by atoms with E-state index in [1.54, 1.807) is 0 Å². The summed E-state index contributed by atoms with van der Waals surface area (Å²) < 4.78 is 5.71. The van der Waals surface area contributed by atoms with Crippen LogP contribution in [0.25, 0.3) is 0 Å².